The first-order chi connectivity index (χ1) is 10.2. The molecule has 1 aromatic carbocycles. The topological polar surface area (TPSA) is 40.5 Å². The van der Waals surface area contributed by atoms with Crippen molar-refractivity contribution in [1.82, 2.24) is 4.90 Å². The van der Waals surface area contributed by atoms with E-state index in [2.05, 4.69) is 6.26 Å². The molecular weight excluding hydrogens is 282 g/mol. The summed E-state index contributed by atoms with van der Waals surface area (Å²) in [7, 11) is 0. The maximum Gasteiger partial charge on any atom is 0.222 e. The number of carbonyl (C=O) groups is 1. The number of aliphatic hydroxyl groups excluding tert-OH is 1. The quantitative estimate of drug-likeness (QED) is 0.821. The molecule has 0 aromatic heterocycles. The highest BCUT2D eigenvalue weighted by molar-refractivity contribution is 7.98. The first-order valence-corrected chi connectivity index (χ1v) is 9.11. The van der Waals surface area contributed by atoms with E-state index in [-0.39, 0.29) is 11.8 Å². The number of rotatable bonds is 6. The molecule has 0 bridgehead atoms. The first kappa shape index (κ1) is 16.4. The van der Waals surface area contributed by atoms with E-state index in [1.165, 1.54) is 0 Å². The second kappa shape index (κ2) is 8.44. The first-order valence-electron chi connectivity index (χ1n) is 7.72. The van der Waals surface area contributed by atoms with Crippen molar-refractivity contribution >= 4 is 17.7 Å². The summed E-state index contributed by atoms with van der Waals surface area (Å²) < 4.78 is 0. The Kier molecular flexibility index (Phi) is 6.58. The minimum Gasteiger partial charge on any atom is -0.388 e. The summed E-state index contributed by atoms with van der Waals surface area (Å²) in [5.41, 5.74) is 0.988. The summed E-state index contributed by atoms with van der Waals surface area (Å²) in [5, 5.41) is 10.4. The van der Waals surface area contributed by atoms with Crippen molar-refractivity contribution in [2.24, 2.45) is 5.92 Å². The third kappa shape index (κ3) is 4.75. The molecule has 1 fully saturated rings. The van der Waals surface area contributed by atoms with Crippen LogP contribution in [0.2, 0.25) is 0 Å². The predicted molar refractivity (Wildman–Crippen MR) is 88.3 cm³/mol. The van der Waals surface area contributed by atoms with Crippen LogP contribution < -0.4 is 0 Å². The molecule has 116 valence electrons. The molecule has 1 atom stereocenters. The number of aliphatic hydroxyl groups is 1. The van der Waals surface area contributed by atoms with Crippen molar-refractivity contribution in [3.05, 3.63) is 35.9 Å². The van der Waals surface area contributed by atoms with E-state index in [0.717, 1.165) is 43.7 Å². The van der Waals surface area contributed by atoms with Gasteiger partial charge in [0, 0.05) is 19.5 Å². The number of likely N-dealkylation sites (tertiary alicyclic amines) is 1. The zero-order valence-corrected chi connectivity index (χ0v) is 13.5. The molecule has 1 saturated heterocycles. The third-order valence-corrected chi connectivity index (χ3v) is 4.92. The van der Waals surface area contributed by atoms with Crippen LogP contribution in [0.3, 0.4) is 0 Å². The van der Waals surface area contributed by atoms with Gasteiger partial charge in [0.15, 0.2) is 0 Å². The van der Waals surface area contributed by atoms with Gasteiger partial charge in [-0.05, 0) is 42.8 Å². The number of piperidine rings is 1. The Bertz CT molecular complexity index is 430. The number of thioether (sulfide) groups is 1. The lowest BCUT2D eigenvalue weighted by molar-refractivity contribution is -0.133. The van der Waals surface area contributed by atoms with E-state index >= 15 is 0 Å². The monoisotopic (exact) mass is 307 g/mol. The molecule has 1 unspecified atom stereocenters. The van der Waals surface area contributed by atoms with Gasteiger partial charge in [-0.25, -0.2) is 0 Å². The van der Waals surface area contributed by atoms with Crippen molar-refractivity contribution < 1.29 is 9.90 Å². The number of hydrogen-bond donors (Lipinski definition) is 1. The van der Waals surface area contributed by atoms with Gasteiger partial charge >= 0.3 is 0 Å². The Morgan fingerprint density at radius 3 is 2.62 bits per heavy atom. The normalized spacial score (nSPS) is 17.7. The minimum atomic E-state index is -0.403. The molecule has 1 heterocycles. The van der Waals surface area contributed by atoms with Crippen LogP contribution in [0.1, 0.15) is 37.4 Å². The molecule has 0 aliphatic carbocycles. The molecule has 1 aromatic rings. The van der Waals surface area contributed by atoms with Crippen LogP contribution in [-0.4, -0.2) is 41.0 Å². The highest BCUT2D eigenvalue weighted by atomic mass is 32.2. The minimum absolute atomic E-state index is 0.266. The standard InChI is InChI=1S/C17H25NO2S/c1-21-13-5-8-16(19)18-11-9-15(10-12-18)17(20)14-6-3-2-4-7-14/h2-4,6-7,15,17,20H,5,8-13H2,1H3. The fraction of sp³-hybridized carbons (Fsp3) is 0.588. The molecule has 21 heavy (non-hydrogen) atoms. The van der Waals surface area contributed by atoms with Crippen LogP contribution in [0.5, 0.6) is 0 Å². The number of carbonyl (C=O) groups excluding carboxylic acids is 1. The fourth-order valence-corrected chi connectivity index (χ4v) is 3.35. The summed E-state index contributed by atoms with van der Waals surface area (Å²) in [6.45, 7) is 1.57. The molecule has 1 aliphatic rings. The molecule has 2 rings (SSSR count). The smallest absolute Gasteiger partial charge is 0.222 e. The van der Waals surface area contributed by atoms with E-state index in [0.29, 0.717) is 6.42 Å². The van der Waals surface area contributed by atoms with E-state index in [1.807, 2.05) is 35.2 Å². The lowest BCUT2D eigenvalue weighted by atomic mass is 9.87. The van der Waals surface area contributed by atoms with Crippen LogP contribution in [0, 0.1) is 5.92 Å². The molecule has 1 amide bonds. The van der Waals surface area contributed by atoms with Gasteiger partial charge in [-0.2, -0.15) is 11.8 Å². The van der Waals surface area contributed by atoms with Crippen LogP contribution in [0.4, 0.5) is 0 Å². The SMILES string of the molecule is CSCCCC(=O)N1CCC(C(O)c2ccccc2)CC1. The van der Waals surface area contributed by atoms with Crippen LogP contribution in [-0.2, 0) is 4.79 Å². The second-order valence-corrected chi connectivity index (χ2v) is 6.66. The van der Waals surface area contributed by atoms with Crippen molar-refractivity contribution in [3.8, 4) is 0 Å². The lowest BCUT2D eigenvalue weighted by Crippen LogP contribution is -2.39. The van der Waals surface area contributed by atoms with Gasteiger partial charge in [0.1, 0.15) is 0 Å². The van der Waals surface area contributed by atoms with Crippen LogP contribution in [0.15, 0.2) is 30.3 Å². The Labute approximate surface area is 131 Å². The van der Waals surface area contributed by atoms with Gasteiger partial charge in [-0.1, -0.05) is 30.3 Å². The van der Waals surface area contributed by atoms with E-state index in [9.17, 15) is 9.90 Å². The molecular formula is C17H25NO2S. The maximum atomic E-state index is 12.1. The van der Waals surface area contributed by atoms with Gasteiger partial charge in [0.25, 0.3) is 0 Å². The van der Waals surface area contributed by atoms with Crippen LogP contribution in [0.25, 0.3) is 0 Å². The van der Waals surface area contributed by atoms with E-state index < -0.39 is 6.10 Å². The summed E-state index contributed by atoms with van der Waals surface area (Å²) in [5.74, 6) is 1.59. The number of amides is 1. The number of nitrogens with zero attached hydrogens (tertiary/aromatic N) is 1. The van der Waals surface area contributed by atoms with Crippen molar-refractivity contribution in [1.29, 1.82) is 0 Å². The van der Waals surface area contributed by atoms with E-state index in [1.54, 1.807) is 11.8 Å². The molecule has 3 nitrogen and oxygen atoms in total. The predicted octanol–water partition coefficient (Wildman–Crippen LogP) is 3.10. The molecule has 1 aliphatic heterocycles. The zero-order valence-electron chi connectivity index (χ0n) is 12.7. The van der Waals surface area contributed by atoms with Crippen LogP contribution >= 0.6 is 11.8 Å². The molecule has 0 saturated carbocycles. The molecule has 4 heteroatoms. The molecule has 1 N–H and O–H groups in total. The largest absolute Gasteiger partial charge is 0.388 e. The highest BCUT2D eigenvalue weighted by Gasteiger charge is 2.27. The van der Waals surface area contributed by atoms with Gasteiger partial charge in [-0.15, -0.1) is 0 Å². The summed E-state index contributed by atoms with van der Waals surface area (Å²) in [4.78, 5) is 14.0. The zero-order chi connectivity index (χ0) is 15.1. The highest BCUT2D eigenvalue weighted by Crippen LogP contribution is 2.30. The third-order valence-electron chi connectivity index (χ3n) is 4.22. The summed E-state index contributed by atoms with van der Waals surface area (Å²) >= 11 is 1.79. The van der Waals surface area contributed by atoms with Crippen molar-refractivity contribution in [3.63, 3.8) is 0 Å². The Balaban J connectivity index is 1.79. The second-order valence-electron chi connectivity index (χ2n) is 5.67. The number of benzene rings is 1. The van der Waals surface area contributed by atoms with Crippen molar-refractivity contribution in [2.45, 2.75) is 31.8 Å². The van der Waals surface area contributed by atoms with Gasteiger partial charge in [-0.3, -0.25) is 4.79 Å². The summed E-state index contributed by atoms with van der Waals surface area (Å²) in [6.07, 6.45) is 5.08. The molecule has 0 radical (unpaired) electrons. The lowest BCUT2D eigenvalue weighted by Gasteiger charge is -2.34. The fourth-order valence-electron chi connectivity index (χ4n) is 2.91. The van der Waals surface area contributed by atoms with Gasteiger partial charge < -0.3 is 10.0 Å². The van der Waals surface area contributed by atoms with Gasteiger partial charge in [0.05, 0.1) is 6.10 Å². The Morgan fingerprint density at radius 2 is 2.00 bits per heavy atom. The summed E-state index contributed by atoms with van der Waals surface area (Å²) in [6, 6.07) is 9.84. The average Bonchev–Trinajstić information content (AvgIpc) is 2.55. The molecule has 0 spiro atoms. The van der Waals surface area contributed by atoms with Crippen molar-refractivity contribution in [2.75, 3.05) is 25.1 Å². The Morgan fingerprint density at radius 1 is 1.33 bits per heavy atom. The van der Waals surface area contributed by atoms with E-state index in [4.69, 9.17) is 0 Å². The maximum absolute atomic E-state index is 12.1. The average molecular weight is 307 g/mol. The Hall–Kier alpha value is -1.00. The number of hydrogen-bond acceptors (Lipinski definition) is 3. The van der Waals surface area contributed by atoms with Gasteiger partial charge in [0.2, 0.25) is 5.91 Å².